The second-order valence-corrected chi connectivity index (χ2v) is 7.84. The number of fused-ring (bicyclic) bond motifs is 1. The van der Waals surface area contributed by atoms with Gasteiger partial charge >= 0.3 is 0 Å². The molecule has 7 heteroatoms. The van der Waals surface area contributed by atoms with Gasteiger partial charge in [-0.1, -0.05) is 6.07 Å². The summed E-state index contributed by atoms with van der Waals surface area (Å²) in [5, 5.41) is -0.313. The van der Waals surface area contributed by atoms with Crippen molar-refractivity contribution in [3.63, 3.8) is 0 Å². The van der Waals surface area contributed by atoms with Crippen LogP contribution in [0.15, 0.2) is 18.2 Å². The first-order valence-electron chi connectivity index (χ1n) is 6.77. The van der Waals surface area contributed by atoms with Crippen LogP contribution < -0.4 is 4.74 Å². The van der Waals surface area contributed by atoms with Crippen LogP contribution in [0.25, 0.3) is 11.0 Å². The van der Waals surface area contributed by atoms with Gasteiger partial charge in [0.2, 0.25) is 0 Å². The van der Waals surface area contributed by atoms with Crippen LogP contribution in [0.4, 0.5) is 0 Å². The van der Waals surface area contributed by atoms with Crippen LogP contribution in [-0.2, 0) is 16.4 Å². The molecule has 0 fully saturated rings. The Balaban J connectivity index is 2.55. The normalized spacial score (nSPS) is 13.5. The lowest BCUT2D eigenvalue weighted by Crippen LogP contribution is -2.13. The van der Waals surface area contributed by atoms with Gasteiger partial charge in [-0.2, -0.15) is 0 Å². The molecule has 0 saturated heterocycles. The molecule has 1 heterocycles. The number of nitrogens with zero attached hydrogens (tertiary/aromatic N) is 2. The van der Waals surface area contributed by atoms with Crippen molar-refractivity contribution in [2.24, 2.45) is 0 Å². The smallest absolute Gasteiger partial charge is 0.149 e. The molecular weight excluding hydrogens is 312 g/mol. The average Bonchev–Trinajstić information content (AvgIpc) is 2.76. The van der Waals surface area contributed by atoms with Gasteiger partial charge < -0.3 is 9.30 Å². The third kappa shape index (κ3) is 3.68. The Bertz CT molecular complexity index is 738. The maximum Gasteiger partial charge on any atom is 0.149 e. The number of aryl methyl sites for hydroxylation is 1. The summed E-state index contributed by atoms with van der Waals surface area (Å²) in [6.45, 7) is 4.60. The lowest BCUT2D eigenvalue weighted by molar-refractivity contribution is 0.343. The fourth-order valence-corrected chi connectivity index (χ4v) is 2.89. The first-order chi connectivity index (χ1) is 9.83. The van der Waals surface area contributed by atoms with Gasteiger partial charge in [0.1, 0.15) is 26.9 Å². The number of hydrogen-bond acceptors (Lipinski definition) is 4. The quantitative estimate of drug-likeness (QED) is 0.764. The van der Waals surface area contributed by atoms with E-state index in [0.29, 0.717) is 24.7 Å². The lowest BCUT2D eigenvalue weighted by atomic mass is 10.3. The van der Waals surface area contributed by atoms with Crippen molar-refractivity contribution in [3.05, 3.63) is 24.0 Å². The maximum absolute atomic E-state index is 11.4. The number of halogens is 1. The highest BCUT2D eigenvalue weighted by Crippen LogP contribution is 2.30. The molecule has 0 radical (unpaired) electrons. The number of para-hydroxylation sites is 1. The Hall–Kier alpha value is -1.27. The third-order valence-electron chi connectivity index (χ3n) is 3.11. The molecule has 0 saturated carbocycles. The fraction of sp³-hybridized carbons (Fsp3) is 0.500. The molecule has 0 N–H and O–H groups in total. The van der Waals surface area contributed by atoms with Crippen LogP contribution in [0.5, 0.6) is 5.75 Å². The molecule has 0 bridgehead atoms. The van der Waals surface area contributed by atoms with E-state index in [2.05, 4.69) is 4.98 Å². The molecule has 5 nitrogen and oxygen atoms in total. The number of sulfone groups is 1. The first-order valence-corrected chi connectivity index (χ1v) is 9.27. The van der Waals surface area contributed by atoms with E-state index in [0.717, 1.165) is 11.0 Å². The van der Waals surface area contributed by atoms with Crippen LogP contribution in [0.2, 0.25) is 0 Å². The molecular formula is C14H19ClN2O3S. The highest BCUT2D eigenvalue weighted by Gasteiger charge is 2.18. The summed E-state index contributed by atoms with van der Waals surface area (Å²) < 4.78 is 30.3. The lowest BCUT2D eigenvalue weighted by Gasteiger charge is -2.10. The number of rotatable bonds is 6. The van der Waals surface area contributed by atoms with Crippen LogP contribution in [0, 0.1) is 0 Å². The van der Waals surface area contributed by atoms with E-state index in [1.807, 2.05) is 36.6 Å². The Morgan fingerprint density at radius 3 is 2.71 bits per heavy atom. The van der Waals surface area contributed by atoms with Crippen molar-refractivity contribution in [1.29, 1.82) is 0 Å². The van der Waals surface area contributed by atoms with Gasteiger partial charge in [-0.05, 0) is 26.0 Å². The molecule has 0 aliphatic rings. The van der Waals surface area contributed by atoms with Gasteiger partial charge in [-0.15, -0.1) is 11.6 Å². The second-order valence-electron chi connectivity index (χ2n) is 4.92. The van der Waals surface area contributed by atoms with Crippen LogP contribution in [0.1, 0.15) is 25.0 Å². The van der Waals surface area contributed by atoms with Gasteiger partial charge in [0.05, 0.1) is 23.3 Å². The Labute approximate surface area is 129 Å². The van der Waals surface area contributed by atoms with Crippen molar-refractivity contribution < 1.29 is 13.2 Å². The molecule has 0 aliphatic heterocycles. The Kier molecular flexibility index (Phi) is 4.78. The molecule has 0 aliphatic carbocycles. The Morgan fingerprint density at radius 1 is 1.43 bits per heavy atom. The molecule has 0 spiro atoms. The molecule has 0 amide bonds. The SMILES string of the molecule is CCOc1cccc2c1nc(C(C)Cl)n2CCS(C)(=O)=O. The predicted octanol–water partition coefficient (Wildman–Crippen LogP) is 2.78. The maximum atomic E-state index is 11.4. The zero-order chi connectivity index (χ0) is 15.6. The standard InChI is InChI=1S/C14H19ClN2O3S/c1-4-20-12-7-5-6-11-13(12)16-14(10(2)15)17(11)8-9-21(3,18)19/h5-7,10H,4,8-9H2,1-3H3. The summed E-state index contributed by atoms with van der Waals surface area (Å²) in [4.78, 5) is 4.54. The molecule has 1 atom stereocenters. The van der Waals surface area contributed by atoms with Crippen LogP contribution >= 0.6 is 11.6 Å². The van der Waals surface area contributed by atoms with E-state index in [1.54, 1.807) is 0 Å². The highest BCUT2D eigenvalue weighted by molar-refractivity contribution is 7.90. The number of ether oxygens (including phenoxy) is 1. The van der Waals surface area contributed by atoms with Gasteiger partial charge in [0.15, 0.2) is 0 Å². The number of benzene rings is 1. The summed E-state index contributed by atoms with van der Waals surface area (Å²) in [6, 6.07) is 5.62. The first kappa shape index (κ1) is 16.1. The summed E-state index contributed by atoms with van der Waals surface area (Å²) in [5.74, 6) is 1.39. The largest absolute Gasteiger partial charge is 0.492 e. The van der Waals surface area contributed by atoms with Gasteiger partial charge in [0, 0.05) is 12.8 Å². The number of hydrogen-bond donors (Lipinski definition) is 0. The van der Waals surface area contributed by atoms with Gasteiger partial charge in [0.25, 0.3) is 0 Å². The number of imidazole rings is 1. The number of aromatic nitrogens is 2. The van der Waals surface area contributed by atoms with Gasteiger partial charge in [-0.3, -0.25) is 0 Å². The zero-order valence-electron chi connectivity index (χ0n) is 12.3. The molecule has 1 aromatic carbocycles. The second kappa shape index (κ2) is 6.23. The zero-order valence-corrected chi connectivity index (χ0v) is 13.9. The topological polar surface area (TPSA) is 61.2 Å². The van der Waals surface area contributed by atoms with Gasteiger partial charge in [-0.25, -0.2) is 13.4 Å². The molecule has 1 unspecified atom stereocenters. The number of alkyl halides is 1. The summed E-state index contributed by atoms with van der Waals surface area (Å²) in [6.07, 6.45) is 1.22. The predicted molar refractivity (Wildman–Crippen MR) is 84.9 cm³/mol. The van der Waals surface area contributed by atoms with E-state index in [1.165, 1.54) is 6.26 Å². The highest BCUT2D eigenvalue weighted by atomic mass is 35.5. The van der Waals surface area contributed by atoms with Crippen molar-refractivity contribution >= 4 is 32.5 Å². The third-order valence-corrected chi connectivity index (χ3v) is 4.23. The summed E-state index contributed by atoms with van der Waals surface area (Å²) in [7, 11) is -3.05. The van der Waals surface area contributed by atoms with E-state index in [9.17, 15) is 8.42 Å². The fourth-order valence-electron chi connectivity index (χ4n) is 2.21. The van der Waals surface area contributed by atoms with Crippen molar-refractivity contribution in [2.45, 2.75) is 25.8 Å². The minimum absolute atomic E-state index is 0.0495. The molecule has 1 aromatic heterocycles. The molecule has 21 heavy (non-hydrogen) atoms. The van der Waals surface area contributed by atoms with E-state index >= 15 is 0 Å². The van der Waals surface area contributed by atoms with Crippen LogP contribution in [0.3, 0.4) is 0 Å². The summed E-state index contributed by atoms with van der Waals surface area (Å²) >= 11 is 6.19. The van der Waals surface area contributed by atoms with Crippen LogP contribution in [-0.4, -0.2) is 36.6 Å². The van der Waals surface area contributed by atoms with Crippen molar-refractivity contribution in [3.8, 4) is 5.75 Å². The Morgan fingerprint density at radius 2 is 2.14 bits per heavy atom. The molecule has 116 valence electrons. The minimum Gasteiger partial charge on any atom is -0.492 e. The van der Waals surface area contributed by atoms with E-state index in [-0.39, 0.29) is 11.1 Å². The molecule has 2 rings (SSSR count). The molecule has 2 aromatic rings. The monoisotopic (exact) mass is 330 g/mol. The van der Waals surface area contributed by atoms with E-state index < -0.39 is 9.84 Å². The average molecular weight is 331 g/mol. The van der Waals surface area contributed by atoms with E-state index in [4.69, 9.17) is 16.3 Å². The minimum atomic E-state index is -3.05. The van der Waals surface area contributed by atoms with Crippen molar-refractivity contribution in [2.75, 3.05) is 18.6 Å². The summed E-state index contributed by atoms with van der Waals surface area (Å²) in [5.41, 5.74) is 1.56. The van der Waals surface area contributed by atoms with Crippen molar-refractivity contribution in [1.82, 2.24) is 9.55 Å².